The molecule has 0 spiro atoms. The molecule has 0 fully saturated rings. The molecule has 1 aromatic carbocycles. The Balaban J connectivity index is 0.00000106. The normalized spacial score (nSPS) is 10.1. The van der Waals surface area contributed by atoms with Crippen molar-refractivity contribution in [3.8, 4) is 5.75 Å². The molecule has 16 heavy (non-hydrogen) atoms. The highest BCUT2D eigenvalue weighted by Crippen LogP contribution is 2.37. The van der Waals surface area contributed by atoms with Gasteiger partial charge in [0.05, 0.1) is 15.0 Å². The van der Waals surface area contributed by atoms with Crippen LogP contribution >= 0.6 is 9.47 Å². The summed E-state index contributed by atoms with van der Waals surface area (Å²) < 4.78 is 41.5. The van der Waals surface area contributed by atoms with Crippen molar-refractivity contribution in [2.45, 2.75) is 6.18 Å². The van der Waals surface area contributed by atoms with Crippen LogP contribution in [0.25, 0.3) is 0 Å². The fraction of sp³-hybridized carbons (Fsp3) is 0.222. The van der Waals surface area contributed by atoms with Gasteiger partial charge in [-0.3, -0.25) is 4.79 Å². The van der Waals surface area contributed by atoms with Gasteiger partial charge in [0, 0.05) is 12.7 Å². The molecular weight excluding hydrogens is 244 g/mol. The van der Waals surface area contributed by atoms with Crippen LogP contribution in [0.2, 0.25) is 0 Å². The van der Waals surface area contributed by atoms with E-state index in [0.29, 0.717) is 6.29 Å². The summed E-state index contributed by atoms with van der Waals surface area (Å²) in [5.74, 6) is -0.326. The maximum Gasteiger partial charge on any atom is 0.419 e. The molecule has 0 aliphatic heterocycles. The van der Waals surface area contributed by atoms with Crippen molar-refractivity contribution in [1.82, 2.24) is 0 Å². The van der Waals surface area contributed by atoms with Gasteiger partial charge in [0.15, 0.2) is 0 Å². The zero-order valence-electron chi connectivity index (χ0n) is 8.28. The van der Waals surface area contributed by atoms with Gasteiger partial charge in [-0.05, 0) is 18.2 Å². The van der Waals surface area contributed by atoms with Crippen LogP contribution in [-0.4, -0.2) is 18.5 Å². The molecule has 3 nitrogen and oxygen atoms in total. The zero-order valence-corrected chi connectivity index (χ0v) is 9.44. The van der Waals surface area contributed by atoms with Crippen molar-refractivity contribution in [2.24, 2.45) is 0 Å². The molecule has 1 aromatic rings. The van der Waals surface area contributed by atoms with E-state index in [0.717, 1.165) is 19.2 Å². The van der Waals surface area contributed by atoms with Crippen LogP contribution in [0.3, 0.4) is 0 Å². The lowest BCUT2D eigenvalue weighted by Gasteiger charge is -2.11. The molecular formula is C9H10F3O3P. The van der Waals surface area contributed by atoms with Gasteiger partial charge in [-0.2, -0.15) is 13.2 Å². The van der Waals surface area contributed by atoms with Crippen LogP contribution in [0.5, 0.6) is 5.75 Å². The Kier molecular flexibility index (Phi) is 6.00. The lowest BCUT2D eigenvalue weighted by Crippen LogP contribution is -2.07. The van der Waals surface area contributed by atoms with Crippen LogP contribution in [0.4, 0.5) is 13.2 Å². The third kappa shape index (κ3) is 3.79. The number of rotatable bonds is 2. The molecule has 0 radical (unpaired) electrons. The van der Waals surface area contributed by atoms with Gasteiger partial charge >= 0.3 is 6.18 Å². The lowest BCUT2D eigenvalue weighted by molar-refractivity contribution is -0.138. The SMILES string of the molecule is CO.O=Cc1ccc(OP)c(C(F)(F)F)c1. The second-order valence-electron chi connectivity index (χ2n) is 2.49. The van der Waals surface area contributed by atoms with Crippen molar-refractivity contribution in [3.63, 3.8) is 0 Å². The number of alkyl halides is 3. The predicted molar refractivity (Wildman–Crippen MR) is 55.3 cm³/mol. The van der Waals surface area contributed by atoms with E-state index in [-0.39, 0.29) is 11.3 Å². The molecule has 0 bridgehead atoms. The van der Waals surface area contributed by atoms with Crippen LogP contribution in [0.15, 0.2) is 18.2 Å². The Labute approximate surface area is 92.5 Å². The van der Waals surface area contributed by atoms with Crippen molar-refractivity contribution >= 4 is 15.8 Å². The minimum Gasteiger partial charge on any atom is -0.480 e. The van der Waals surface area contributed by atoms with Crippen molar-refractivity contribution in [3.05, 3.63) is 29.3 Å². The highest BCUT2D eigenvalue weighted by atomic mass is 31.0. The van der Waals surface area contributed by atoms with E-state index < -0.39 is 11.7 Å². The first-order chi connectivity index (χ1) is 7.49. The number of aldehydes is 1. The number of halogens is 3. The zero-order chi connectivity index (χ0) is 12.8. The largest absolute Gasteiger partial charge is 0.480 e. The van der Waals surface area contributed by atoms with E-state index in [1.54, 1.807) is 9.47 Å². The molecule has 0 aromatic heterocycles. The molecule has 90 valence electrons. The van der Waals surface area contributed by atoms with Gasteiger partial charge in [-0.1, -0.05) is 0 Å². The van der Waals surface area contributed by atoms with E-state index in [2.05, 4.69) is 4.52 Å². The van der Waals surface area contributed by atoms with Gasteiger partial charge in [-0.25, -0.2) is 0 Å². The number of carbonyl (C=O) groups is 1. The number of carbonyl (C=O) groups excluding carboxylic acids is 1. The van der Waals surface area contributed by atoms with Gasteiger partial charge < -0.3 is 9.63 Å². The quantitative estimate of drug-likeness (QED) is 0.650. The van der Waals surface area contributed by atoms with E-state index in [4.69, 9.17) is 5.11 Å². The Morgan fingerprint density at radius 2 is 1.94 bits per heavy atom. The van der Waals surface area contributed by atoms with E-state index >= 15 is 0 Å². The molecule has 0 saturated carbocycles. The third-order valence-corrected chi connectivity index (χ3v) is 1.83. The van der Waals surface area contributed by atoms with Crippen molar-refractivity contribution in [2.75, 3.05) is 7.11 Å². The fourth-order valence-electron chi connectivity index (χ4n) is 0.945. The summed E-state index contributed by atoms with van der Waals surface area (Å²) in [4.78, 5) is 10.3. The maximum absolute atomic E-state index is 12.3. The fourth-order valence-corrected chi connectivity index (χ4v) is 1.15. The molecule has 1 unspecified atom stereocenters. The van der Waals surface area contributed by atoms with E-state index in [1.165, 1.54) is 6.07 Å². The molecule has 0 amide bonds. The average Bonchev–Trinajstić information content (AvgIpc) is 2.29. The molecule has 0 saturated heterocycles. The highest BCUT2D eigenvalue weighted by Gasteiger charge is 2.34. The highest BCUT2D eigenvalue weighted by molar-refractivity contribution is 7.10. The van der Waals surface area contributed by atoms with Crippen LogP contribution < -0.4 is 4.52 Å². The Hall–Kier alpha value is -1.13. The van der Waals surface area contributed by atoms with Gasteiger partial charge in [0.25, 0.3) is 0 Å². The Morgan fingerprint density at radius 3 is 2.31 bits per heavy atom. The van der Waals surface area contributed by atoms with Crippen LogP contribution in [0.1, 0.15) is 15.9 Å². The van der Waals surface area contributed by atoms with E-state index in [1.807, 2.05) is 0 Å². The third-order valence-electron chi connectivity index (χ3n) is 1.57. The van der Waals surface area contributed by atoms with Crippen LogP contribution in [0, 0.1) is 0 Å². The van der Waals surface area contributed by atoms with E-state index in [9.17, 15) is 18.0 Å². The first-order valence-electron chi connectivity index (χ1n) is 3.97. The van der Waals surface area contributed by atoms with Gasteiger partial charge in [-0.15, -0.1) is 0 Å². The number of hydrogen-bond acceptors (Lipinski definition) is 3. The van der Waals surface area contributed by atoms with Gasteiger partial charge in [0.2, 0.25) is 0 Å². The van der Waals surface area contributed by atoms with Gasteiger partial charge in [0.1, 0.15) is 12.0 Å². The molecule has 0 aliphatic rings. The summed E-state index contributed by atoms with van der Waals surface area (Å²) in [6, 6.07) is 3.09. The summed E-state index contributed by atoms with van der Waals surface area (Å²) in [6.07, 6.45) is -4.17. The number of aliphatic hydroxyl groups is 1. The number of hydrogen-bond donors (Lipinski definition) is 1. The molecule has 1 rings (SSSR count). The second-order valence-corrected chi connectivity index (χ2v) is 2.72. The van der Waals surface area contributed by atoms with Crippen LogP contribution in [-0.2, 0) is 6.18 Å². The monoisotopic (exact) mass is 254 g/mol. The number of benzene rings is 1. The smallest absolute Gasteiger partial charge is 0.419 e. The standard InChI is InChI=1S/C8H6F3O2P.CH4O/c9-8(10,11)6-3-5(4-12)1-2-7(6)13-14;1-2/h1-4H,14H2;2H,1H3. The Morgan fingerprint density at radius 1 is 1.38 bits per heavy atom. The topological polar surface area (TPSA) is 46.5 Å². The Bertz CT molecular complexity index is 352. The van der Waals surface area contributed by atoms with Crippen molar-refractivity contribution in [1.29, 1.82) is 0 Å². The lowest BCUT2D eigenvalue weighted by atomic mass is 10.1. The average molecular weight is 254 g/mol. The molecule has 1 atom stereocenters. The molecule has 0 heterocycles. The molecule has 7 heteroatoms. The summed E-state index contributed by atoms with van der Waals surface area (Å²) >= 11 is 0. The first kappa shape index (κ1) is 14.9. The minimum absolute atomic E-state index is 0.0388. The summed E-state index contributed by atoms with van der Waals surface area (Å²) in [7, 11) is 2.73. The summed E-state index contributed by atoms with van der Waals surface area (Å²) in [6.45, 7) is 0. The second kappa shape index (κ2) is 6.45. The molecule has 0 aliphatic carbocycles. The predicted octanol–water partition coefficient (Wildman–Crippen LogP) is 2.30. The maximum atomic E-state index is 12.3. The molecule has 1 N–H and O–H groups in total. The first-order valence-corrected chi connectivity index (χ1v) is 4.44. The minimum atomic E-state index is -4.52. The summed E-state index contributed by atoms with van der Waals surface area (Å²) in [5, 5.41) is 7.00. The summed E-state index contributed by atoms with van der Waals surface area (Å²) in [5.41, 5.74) is -1.000. The number of aliphatic hydroxyl groups excluding tert-OH is 1. The van der Waals surface area contributed by atoms with Crippen molar-refractivity contribution < 1.29 is 27.6 Å².